The molecule has 212 valence electrons. The van der Waals surface area contributed by atoms with E-state index in [2.05, 4.69) is 77.3 Å². The lowest BCUT2D eigenvalue weighted by atomic mass is 9.46. The molecule has 1 aliphatic heterocycles. The van der Waals surface area contributed by atoms with E-state index in [0.29, 0.717) is 17.8 Å². The van der Waals surface area contributed by atoms with Gasteiger partial charge in [-0.2, -0.15) is 10.4 Å². The standard InChI is InChI=1S/C35H38BrN3O2/c1-22(40)41-25-15-17-33(2)23(19-25)13-14-26-28(33)16-18-34(3)29(26)20-30-32(27-11-7-8-12-31(27)36)38-39(35(30,34)21-37)24-9-5-4-6-10-24/h4-13,25-26,28-30H,14-20H2,1-3H3. The van der Waals surface area contributed by atoms with Crippen molar-refractivity contribution in [1.82, 2.24) is 0 Å². The molecule has 0 bridgehead atoms. The number of rotatable bonds is 3. The summed E-state index contributed by atoms with van der Waals surface area (Å²) in [5, 5.41) is 18.7. The second-order valence-corrected chi connectivity index (χ2v) is 14.3. The van der Waals surface area contributed by atoms with Gasteiger partial charge in [0.25, 0.3) is 0 Å². The van der Waals surface area contributed by atoms with Crippen LogP contribution in [-0.2, 0) is 9.53 Å². The van der Waals surface area contributed by atoms with E-state index < -0.39 is 5.54 Å². The second-order valence-electron chi connectivity index (χ2n) is 13.5. The number of carbonyl (C=O) groups excluding carboxylic acids is 1. The molecule has 2 aromatic rings. The number of hydrogen-bond donors (Lipinski definition) is 0. The van der Waals surface area contributed by atoms with Gasteiger partial charge in [-0.3, -0.25) is 4.79 Å². The number of halogens is 1. The van der Waals surface area contributed by atoms with Crippen molar-refractivity contribution in [3.63, 3.8) is 0 Å². The highest BCUT2D eigenvalue weighted by atomic mass is 79.9. The minimum Gasteiger partial charge on any atom is -0.462 e. The minimum absolute atomic E-state index is 0.00689. The number of carbonyl (C=O) groups is 1. The fourth-order valence-electron chi connectivity index (χ4n) is 9.96. The maximum absolute atomic E-state index is 11.7. The Bertz CT molecular complexity index is 1500. The minimum atomic E-state index is -0.744. The molecule has 0 aromatic heterocycles. The van der Waals surface area contributed by atoms with Gasteiger partial charge in [-0.05, 0) is 79.9 Å². The van der Waals surface area contributed by atoms with Crippen LogP contribution in [0.5, 0.6) is 0 Å². The van der Waals surface area contributed by atoms with Gasteiger partial charge in [0.1, 0.15) is 6.10 Å². The zero-order valence-corrected chi connectivity index (χ0v) is 25.7. The van der Waals surface area contributed by atoms with Crippen LogP contribution < -0.4 is 5.01 Å². The summed E-state index contributed by atoms with van der Waals surface area (Å²) in [5.41, 5.74) is 3.81. The Morgan fingerprint density at radius 3 is 2.56 bits per heavy atom. The molecule has 5 aliphatic rings. The summed E-state index contributed by atoms with van der Waals surface area (Å²) in [6.07, 6.45) is 9.52. The van der Waals surface area contributed by atoms with Gasteiger partial charge in [0, 0.05) is 34.7 Å². The highest BCUT2D eigenvalue weighted by Crippen LogP contribution is 2.71. The first-order valence-corrected chi connectivity index (χ1v) is 16.0. The summed E-state index contributed by atoms with van der Waals surface area (Å²) >= 11 is 3.81. The molecule has 3 saturated carbocycles. The highest BCUT2D eigenvalue weighted by molar-refractivity contribution is 9.10. The van der Waals surface area contributed by atoms with Crippen molar-refractivity contribution >= 4 is 33.3 Å². The number of nitrogens with zero attached hydrogens (tertiary/aromatic N) is 3. The summed E-state index contributed by atoms with van der Waals surface area (Å²) < 4.78 is 6.69. The number of anilines is 1. The normalized spacial score (nSPS) is 38.9. The molecule has 0 saturated heterocycles. The van der Waals surface area contributed by atoms with E-state index in [1.54, 1.807) is 0 Å². The third-order valence-electron chi connectivity index (χ3n) is 11.8. The number of fused-ring (bicyclic) bond motifs is 7. The zero-order chi connectivity index (χ0) is 28.6. The molecular formula is C35H38BrN3O2. The van der Waals surface area contributed by atoms with Gasteiger partial charge in [0.15, 0.2) is 5.54 Å². The van der Waals surface area contributed by atoms with Crippen molar-refractivity contribution in [3.05, 3.63) is 76.3 Å². The number of hydrazone groups is 1. The Balaban J connectivity index is 1.31. The molecule has 2 aromatic carbocycles. The third-order valence-corrected chi connectivity index (χ3v) is 12.5. The molecular weight excluding hydrogens is 574 g/mol. The molecule has 8 atom stereocenters. The first kappa shape index (κ1) is 27.0. The number of benzene rings is 2. The van der Waals surface area contributed by atoms with Crippen molar-refractivity contribution in [3.8, 4) is 6.07 Å². The fraction of sp³-hybridized carbons (Fsp3) is 0.514. The van der Waals surface area contributed by atoms with E-state index in [1.165, 1.54) is 12.5 Å². The summed E-state index contributed by atoms with van der Waals surface area (Å²) in [6.45, 7) is 6.40. The predicted octanol–water partition coefficient (Wildman–Crippen LogP) is 8.06. The number of allylic oxidation sites excluding steroid dienone is 1. The van der Waals surface area contributed by atoms with E-state index in [1.807, 2.05) is 24.3 Å². The van der Waals surface area contributed by atoms with Crippen LogP contribution in [0.15, 0.2) is 75.8 Å². The van der Waals surface area contributed by atoms with Gasteiger partial charge in [0.05, 0.1) is 17.5 Å². The van der Waals surface area contributed by atoms with Gasteiger partial charge in [0.2, 0.25) is 0 Å². The van der Waals surface area contributed by atoms with E-state index in [-0.39, 0.29) is 28.8 Å². The van der Waals surface area contributed by atoms with Crippen LogP contribution in [0.3, 0.4) is 0 Å². The van der Waals surface area contributed by atoms with E-state index >= 15 is 0 Å². The van der Waals surface area contributed by atoms with Crippen LogP contribution in [0, 0.1) is 45.8 Å². The first-order valence-electron chi connectivity index (χ1n) is 15.2. The lowest BCUT2D eigenvalue weighted by Gasteiger charge is -2.59. The summed E-state index contributed by atoms with van der Waals surface area (Å²) in [5.74, 6) is 1.39. The highest BCUT2D eigenvalue weighted by Gasteiger charge is 2.73. The van der Waals surface area contributed by atoms with Gasteiger partial charge < -0.3 is 4.74 Å². The summed E-state index contributed by atoms with van der Waals surface area (Å²) in [6, 6.07) is 21.6. The van der Waals surface area contributed by atoms with E-state index in [9.17, 15) is 10.1 Å². The largest absolute Gasteiger partial charge is 0.462 e. The van der Waals surface area contributed by atoms with Crippen LogP contribution in [0.1, 0.15) is 71.3 Å². The summed E-state index contributed by atoms with van der Waals surface area (Å²) in [4.78, 5) is 11.7. The molecule has 0 radical (unpaired) electrons. The van der Waals surface area contributed by atoms with Crippen molar-refractivity contribution < 1.29 is 9.53 Å². The Labute approximate surface area is 251 Å². The maximum Gasteiger partial charge on any atom is 0.302 e. The molecule has 6 heteroatoms. The van der Waals surface area contributed by atoms with Gasteiger partial charge in [-0.25, -0.2) is 5.01 Å². The van der Waals surface area contributed by atoms with Crippen molar-refractivity contribution in [2.24, 2.45) is 39.6 Å². The first-order chi connectivity index (χ1) is 19.7. The molecule has 4 aliphatic carbocycles. The molecule has 7 rings (SSSR count). The Morgan fingerprint density at radius 2 is 1.83 bits per heavy atom. The lowest BCUT2D eigenvalue weighted by molar-refractivity contribution is -0.148. The predicted molar refractivity (Wildman–Crippen MR) is 164 cm³/mol. The Hall–Kier alpha value is -2.91. The monoisotopic (exact) mass is 611 g/mol. The summed E-state index contributed by atoms with van der Waals surface area (Å²) in [7, 11) is 0. The molecule has 0 spiro atoms. The zero-order valence-electron chi connectivity index (χ0n) is 24.1. The smallest absolute Gasteiger partial charge is 0.302 e. The molecule has 3 fully saturated rings. The molecule has 41 heavy (non-hydrogen) atoms. The van der Waals surface area contributed by atoms with Gasteiger partial charge in [-0.1, -0.05) is 77.8 Å². The van der Waals surface area contributed by atoms with Gasteiger partial charge in [-0.15, -0.1) is 0 Å². The second kappa shape index (κ2) is 9.56. The quantitative estimate of drug-likeness (QED) is 0.260. The van der Waals surface area contributed by atoms with Crippen molar-refractivity contribution in [2.75, 3.05) is 5.01 Å². The Morgan fingerprint density at radius 1 is 1.07 bits per heavy atom. The SMILES string of the molecule is CC(=O)OC1CCC2(C)C(=CCC3C2CCC2(C)C3CC3C(c4ccccc4Br)=NN(c4ccccc4)C32C#N)C1. The topological polar surface area (TPSA) is 65.7 Å². The maximum atomic E-state index is 11.7. The number of hydrogen-bond acceptors (Lipinski definition) is 5. The van der Waals surface area contributed by atoms with Crippen molar-refractivity contribution in [2.45, 2.75) is 77.4 Å². The average Bonchev–Trinajstić information content (AvgIpc) is 3.44. The van der Waals surface area contributed by atoms with Crippen LogP contribution in [0.25, 0.3) is 0 Å². The number of esters is 1. The van der Waals surface area contributed by atoms with Crippen LogP contribution in [0.2, 0.25) is 0 Å². The average molecular weight is 613 g/mol. The van der Waals surface area contributed by atoms with Crippen LogP contribution in [-0.4, -0.2) is 23.3 Å². The molecule has 1 heterocycles. The molecule has 5 nitrogen and oxygen atoms in total. The Kier molecular flexibility index (Phi) is 6.28. The fourth-order valence-corrected chi connectivity index (χ4v) is 10.5. The molecule has 0 amide bonds. The number of ether oxygens (including phenoxy) is 1. The van der Waals surface area contributed by atoms with Crippen LogP contribution >= 0.6 is 15.9 Å². The van der Waals surface area contributed by atoms with E-state index in [0.717, 1.165) is 66.4 Å². The van der Waals surface area contributed by atoms with Crippen LogP contribution in [0.4, 0.5) is 5.69 Å². The molecule has 0 N–H and O–H groups in total. The number of nitriles is 1. The van der Waals surface area contributed by atoms with Gasteiger partial charge >= 0.3 is 5.97 Å². The molecule has 8 unspecified atom stereocenters. The lowest BCUT2D eigenvalue weighted by Crippen LogP contribution is -2.60. The third kappa shape index (κ3) is 3.70. The van der Waals surface area contributed by atoms with Crippen molar-refractivity contribution in [1.29, 1.82) is 5.26 Å². The number of para-hydroxylation sites is 1. The van der Waals surface area contributed by atoms with E-state index in [4.69, 9.17) is 9.84 Å².